The molecule has 0 aliphatic heterocycles. The molecule has 0 atom stereocenters. The smallest absolute Gasteiger partial charge is 0.128 e. The standard InChI is InChI=1S/C12H13ClN2O/c1-16-11-3-2-10(13)12-9(11)6-8(4-5-14)7-15-12/h2-3,6-7H,4-5,14H2,1H3. The summed E-state index contributed by atoms with van der Waals surface area (Å²) in [6, 6.07) is 5.66. The molecule has 3 nitrogen and oxygen atoms in total. The predicted molar refractivity (Wildman–Crippen MR) is 66.1 cm³/mol. The van der Waals surface area contributed by atoms with Gasteiger partial charge in [-0.2, -0.15) is 0 Å². The van der Waals surface area contributed by atoms with Crippen LogP contribution in [0.3, 0.4) is 0 Å². The summed E-state index contributed by atoms with van der Waals surface area (Å²) in [6.07, 6.45) is 2.61. The van der Waals surface area contributed by atoms with Gasteiger partial charge in [0, 0.05) is 11.6 Å². The summed E-state index contributed by atoms with van der Waals surface area (Å²) in [5.41, 5.74) is 7.38. The summed E-state index contributed by atoms with van der Waals surface area (Å²) < 4.78 is 5.29. The van der Waals surface area contributed by atoms with Gasteiger partial charge in [0.1, 0.15) is 5.75 Å². The molecule has 0 aliphatic rings. The van der Waals surface area contributed by atoms with E-state index in [1.54, 1.807) is 19.4 Å². The molecule has 0 fully saturated rings. The van der Waals surface area contributed by atoms with Gasteiger partial charge in [0.2, 0.25) is 0 Å². The Morgan fingerprint density at radius 1 is 1.44 bits per heavy atom. The summed E-state index contributed by atoms with van der Waals surface area (Å²) in [7, 11) is 1.64. The lowest BCUT2D eigenvalue weighted by molar-refractivity contribution is 0.419. The van der Waals surface area contributed by atoms with Crippen LogP contribution in [0, 0.1) is 0 Å². The first-order valence-electron chi connectivity index (χ1n) is 5.07. The van der Waals surface area contributed by atoms with Gasteiger partial charge in [-0.05, 0) is 36.7 Å². The summed E-state index contributed by atoms with van der Waals surface area (Å²) in [5, 5.41) is 1.57. The van der Waals surface area contributed by atoms with Crippen LogP contribution >= 0.6 is 11.6 Å². The van der Waals surface area contributed by atoms with Crippen LogP contribution in [0.4, 0.5) is 0 Å². The van der Waals surface area contributed by atoms with Gasteiger partial charge in [-0.25, -0.2) is 0 Å². The molecule has 0 amide bonds. The second kappa shape index (κ2) is 4.68. The van der Waals surface area contributed by atoms with Crippen LogP contribution in [-0.4, -0.2) is 18.6 Å². The maximum Gasteiger partial charge on any atom is 0.128 e. The van der Waals surface area contributed by atoms with E-state index in [0.717, 1.165) is 28.6 Å². The Balaban J connectivity index is 2.64. The first-order chi connectivity index (χ1) is 7.76. The predicted octanol–water partition coefficient (Wildman–Crippen LogP) is 2.40. The Morgan fingerprint density at radius 2 is 2.25 bits per heavy atom. The van der Waals surface area contributed by atoms with Gasteiger partial charge in [-0.3, -0.25) is 4.98 Å². The van der Waals surface area contributed by atoms with Gasteiger partial charge >= 0.3 is 0 Å². The van der Waals surface area contributed by atoms with E-state index >= 15 is 0 Å². The van der Waals surface area contributed by atoms with Crippen molar-refractivity contribution < 1.29 is 4.74 Å². The van der Waals surface area contributed by atoms with E-state index < -0.39 is 0 Å². The van der Waals surface area contributed by atoms with E-state index in [9.17, 15) is 0 Å². The fourth-order valence-corrected chi connectivity index (χ4v) is 1.90. The molecule has 0 saturated heterocycles. The highest BCUT2D eigenvalue weighted by Crippen LogP contribution is 2.30. The lowest BCUT2D eigenvalue weighted by Crippen LogP contribution is -2.03. The topological polar surface area (TPSA) is 48.1 Å². The summed E-state index contributed by atoms with van der Waals surface area (Å²) in [6.45, 7) is 0.607. The highest BCUT2D eigenvalue weighted by Gasteiger charge is 2.07. The second-order valence-electron chi connectivity index (χ2n) is 3.53. The molecule has 0 bridgehead atoms. The maximum absolute atomic E-state index is 6.07. The molecule has 2 rings (SSSR count). The Morgan fingerprint density at radius 3 is 2.94 bits per heavy atom. The first-order valence-corrected chi connectivity index (χ1v) is 5.45. The van der Waals surface area contributed by atoms with Crippen molar-refractivity contribution in [2.24, 2.45) is 5.73 Å². The third kappa shape index (κ3) is 1.96. The number of hydrogen-bond acceptors (Lipinski definition) is 3. The molecule has 4 heteroatoms. The van der Waals surface area contributed by atoms with Gasteiger partial charge < -0.3 is 10.5 Å². The summed E-state index contributed by atoms with van der Waals surface area (Å²) in [4.78, 5) is 4.34. The molecular formula is C12H13ClN2O. The fourth-order valence-electron chi connectivity index (χ4n) is 1.69. The zero-order chi connectivity index (χ0) is 11.5. The number of pyridine rings is 1. The van der Waals surface area contributed by atoms with E-state index in [1.165, 1.54) is 0 Å². The third-order valence-electron chi connectivity index (χ3n) is 2.47. The quantitative estimate of drug-likeness (QED) is 0.890. The van der Waals surface area contributed by atoms with Crippen molar-refractivity contribution in [1.29, 1.82) is 0 Å². The van der Waals surface area contributed by atoms with Crippen LogP contribution in [-0.2, 0) is 6.42 Å². The van der Waals surface area contributed by atoms with E-state index in [4.69, 9.17) is 22.1 Å². The molecule has 1 aromatic carbocycles. The van der Waals surface area contributed by atoms with Crippen LogP contribution in [0.2, 0.25) is 5.02 Å². The Kier molecular flexibility index (Phi) is 3.27. The van der Waals surface area contributed by atoms with E-state index in [-0.39, 0.29) is 0 Å². The van der Waals surface area contributed by atoms with Crippen LogP contribution in [0.25, 0.3) is 10.9 Å². The summed E-state index contributed by atoms with van der Waals surface area (Å²) in [5.74, 6) is 0.783. The third-order valence-corrected chi connectivity index (χ3v) is 2.77. The molecule has 0 aliphatic carbocycles. The van der Waals surface area contributed by atoms with E-state index in [2.05, 4.69) is 4.98 Å². The molecule has 0 spiro atoms. The Hall–Kier alpha value is -1.32. The normalized spacial score (nSPS) is 10.7. The van der Waals surface area contributed by atoms with Crippen molar-refractivity contribution in [2.75, 3.05) is 13.7 Å². The summed E-state index contributed by atoms with van der Waals surface area (Å²) >= 11 is 6.07. The monoisotopic (exact) mass is 236 g/mol. The molecule has 1 heterocycles. The van der Waals surface area contributed by atoms with Gasteiger partial charge in [-0.15, -0.1) is 0 Å². The fraction of sp³-hybridized carbons (Fsp3) is 0.250. The number of hydrogen-bond donors (Lipinski definition) is 1. The van der Waals surface area contributed by atoms with Gasteiger partial charge in [0.15, 0.2) is 0 Å². The Bertz CT molecular complexity index is 514. The lowest BCUT2D eigenvalue weighted by Gasteiger charge is -2.07. The first kappa shape index (κ1) is 11.2. The van der Waals surface area contributed by atoms with Crippen LogP contribution < -0.4 is 10.5 Å². The molecule has 2 aromatic rings. The zero-order valence-electron chi connectivity index (χ0n) is 9.03. The molecule has 84 valence electrons. The number of fused-ring (bicyclic) bond motifs is 1. The molecule has 16 heavy (non-hydrogen) atoms. The van der Waals surface area contributed by atoms with Crippen LogP contribution in [0.5, 0.6) is 5.75 Å². The van der Waals surface area contributed by atoms with Crippen molar-refractivity contribution in [3.63, 3.8) is 0 Å². The molecule has 0 radical (unpaired) electrons. The zero-order valence-corrected chi connectivity index (χ0v) is 9.79. The number of aromatic nitrogens is 1. The molecule has 2 N–H and O–H groups in total. The minimum absolute atomic E-state index is 0.607. The van der Waals surface area contributed by atoms with Gasteiger partial charge in [-0.1, -0.05) is 11.6 Å². The number of halogens is 1. The minimum atomic E-state index is 0.607. The SMILES string of the molecule is COc1ccc(Cl)c2ncc(CCN)cc12. The number of nitrogens with two attached hydrogens (primary N) is 1. The molecule has 1 aromatic heterocycles. The number of methoxy groups -OCH3 is 1. The van der Waals surface area contributed by atoms with Gasteiger partial charge in [0.25, 0.3) is 0 Å². The number of rotatable bonds is 3. The molecule has 0 unspecified atom stereocenters. The number of ether oxygens (including phenoxy) is 1. The van der Waals surface area contributed by atoms with Crippen molar-refractivity contribution in [1.82, 2.24) is 4.98 Å². The number of benzene rings is 1. The molecule has 0 saturated carbocycles. The number of nitrogens with zero attached hydrogens (tertiary/aromatic N) is 1. The second-order valence-corrected chi connectivity index (χ2v) is 3.94. The van der Waals surface area contributed by atoms with Crippen molar-refractivity contribution in [2.45, 2.75) is 6.42 Å². The largest absolute Gasteiger partial charge is 0.496 e. The minimum Gasteiger partial charge on any atom is -0.496 e. The average Bonchev–Trinajstić information content (AvgIpc) is 2.30. The maximum atomic E-state index is 6.07. The van der Waals surface area contributed by atoms with Crippen molar-refractivity contribution in [3.8, 4) is 5.75 Å². The average molecular weight is 237 g/mol. The Labute approximate surface area is 99.2 Å². The van der Waals surface area contributed by atoms with Crippen LogP contribution in [0.1, 0.15) is 5.56 Å². The lowest BCUT2D eigenvalue weighted by atomic mass is 10.1. The van der Waals surface area contributed by atoms with Gasteiger partial charge in [0.05, 0.1) is 17.6 Å². The molecular weight excluding hydrogens is 224 g/mol. The van der Waals surface area contributed by atoms with Crippen LogP contribution in [0.15, 0.2) is 24.4 Å². The van der Waals surface area contributed by atoms with E-state index in [1.807, 2.05) is 12.1 Å². The van der Waals surface area contributed by atoms with Crippen molar-refractivity contribution in [3.05, 3.63) is 35.0 Å². The van der Waals surface area contributed by atoms with E-state index in [0.29, 0.717) is 11.6 Å². The highest BCUT2D eigenvalue weighted by atomic mass is 35.5. The highest BCUT2D eigenvalue weighted by molar-refractivity contribution is 6.35. The van der Waals surface area contributed by atoms with Crippen molar-refractivity contribution >= 4 is 22.5 Å².